The van der Waals surface area contributed by atoms with E-state index >= 15 is 0 Å². The van der Waals surface area contributed by atoms with Crippen LogP contribution < -0.4 is 10.6 Å². The summed E-state index contributed by atoms with van der Waals surface area (Å²) in [5.41, 5.74) is 2.83. The first-order valence-electron chi connectivity index (χ1n) is 11.9. The van der Waals surface area contributed by atoms with Gasteiger partial charge in [0.1, 0.15) is 6.33 Å². The number of carbonyl (C=O) groups excluding carboxylic acids is 3. The molecule has 5 rings (SSSR count). The Morgan fingerprint density at radius 1 is 0.944 bits per heavy atom. The molecule has 0 radical (unpaired) electrons. The van der Waals surface area contributed by atoms with Gasteiger partial charge < -0.3 is 10.6 Å². The highest BCUT2D eigenvalue weighted by molar-refractivity contribution is 6.26. The van der Waals surface area contributed by atoms with Gasteiger partial charge in [-0.05, 0) is 18.6 Å². The van der Waals surface area contributed by atoms with E-state index in [1.54, 1.807) is 18.2 Å². The quantitative estimate of drug-likeness (QED) is 0.266. The molecule has 2 aromatic carbocycles. The molecule has 36 heavy (non-hydrogen) atoms. The molecule has 180 valence electrons. The molecule has 1 aliphatic carbocycles. The van der Waals surface area contributed by atoms with E-state index in [1.165, 1.54) is 6.33 Å². The summed E-state index contributed by atoms with van der Waals surface area (Å²) in [5.74, 6) is 2.09. The van der Waals surface area contributed by atoms with Crippen molar-refractivity contribution in [2.24, 2.45) is 10.2 Å². The van der Waals surface area contributed by atoms with Gasteiger partial charge in [0.15, 0.2) is 11.4 Å². The smallest absolute Gasteiger partial charge is 0.253 e. The molecule has 2 heterocycles. The molecule has 3 aromatic rings. The van der Waals surface area contributed by atoms with Crippen LogP contribution in [0.4, 0.5) is 0 Å². The fourth-order valence-corrected chi connectivity index (χ4v) is 4.47. The topological polar surface area (TPSA) is 126 Å². The highest BCUT2D eigenvalue weighted by Crippen LogP contribution is 2.38. The monoisotopic (exact) mass is 480 g/mol. The molecule has 1 aromatic heterocycles. The first-order valence-corrected chi connectivity index (χ1v) is 11.9. The number of amides is 2. The van der Waals surface area contributed by atoms with Crippen molar-refractivity contribution in [3.8, 4) is 23.6 Å². The zero-order valence-corrected chi connectivity index (χ0v) is 19.6. The fraction of sp³-hybridized carbons (Fsp3) is 0.296. The van der Waals surface area contributed by atoms with E-state index in [0.29, 0.717) is 78.5 Å². The minimum absolute atomic E-state index is 0.0797. The lowest BCUT2D eigenvalue weighted by Gasteiger charge is -2.19. The van der Waals surface area contributed by atoms with Crippen LogP contribution in [-0.4, -0.2) is 46.3 Å². The lowest BCUT2D eigenvalue weighted by molar-refractivity contribution is -0.121. The molecule has 0 saturated carbocycles. The molecule has 0 saturated heterocycles. The van der Waals surface area contributed by atoms with Crippen molar-refractivity contribution in [2.75, 3.05) is 13.1 Å². The van der Waals surface area contributed by atoms with E-state index in [2.05, 4.69) is 36.8 Å². The van der Waals surface area contributed by atoms with Gasteiger partial charge in [-0.15, -0.1) is 12.3 Å². The number of hydrogen-bond acceptors (Lipinski definition) is 7. The Hall–Kier alpha value is -4.45. The van der Waals surface area contributed by atoms with Gasteiger partial charge >= 0.3 is 0 Å². The van der Waals surface area contributed by atoms with Crippen molar-refractivity contribution < 1.29 is 14.4 Å². The first-order chi connectivity index (χ1) is 17.5. The van der Waals surface area contributed by atoms with Crippen LogP contribution in [0.1, 0.15) is 58.4 Å². The highest BCUT2D eigenvalue weighted by atomic mass is 16.2. The fourth-order valence-electron chi connectivity index (χ4n) is 4.47. The maximum Gasteiger partial charge on any atom is 0.253 e. The predicted molar refractivity (Wildman–Crippen MR) is 133 cm³/mol. The molecule has 0 bridgehead atoms. The lowest BCUT2D eigenvalue weighted by atomic mass is 9.86. The molecule has 2 aliphatic rings. The molecular weight excluding hydrogens is 456 g/mol. The summed E-state index contributed by atoms with van der Waals surface area (Å²) in [6.07, 6.45) is 9.40. The number of terminal acetylenes is 1. The van der Waals surface area contributed by atoms with Crippen LogP contribution in [0.15, 0.2) is 53.0 Å². The van der Waals surface area contributed by atoms with Gasteiger partial charge in [0, 0.05) is 60.8 Å². The van der Waals surface area contributed by atoms with Gasteiger partial charge in [-0.3, -0.25) is 14.4 Å². The van der Waals surface area contributed by atoms with Crippen LogP contribution in [0.2, 0.25) is 0 Å². The molecule has 2 N–H and O–H groups in total. The van der Waals surface area contributed by atoms with E-state index in [4.69, 9.17) is 6.42 Å². The van der Waals surface area contributed by atoms with Crippen molar-refractivity contribution in [1.82, 2.24) is 20.6 Å². The van der Waals surface area contributed by atoms with Gasteiger partial charge in [0.25, 0.3) is 5.91 Å². The van der Waals surface area contributed by atoms with E-state index in [1.807, 2.05) is 18.2 Å². The molecule has 2 amide bonds. The van der Waals surface area contributed by atoms with Crippen LogP contribution in [0.3, 0.4) is 0 Å². The summed E-state index contributed by atoms with van der Waals surface area (Å²) in [7, 11) is 0. The molecule has 0 spiro atoms. The second-order valence-electron chi connectivity index (χ2n) is 8.83. The average molecular weight is 481 g/mol. The van der Waals surface area contributed by atoms with Crippen molar-refractivity contribution >= 4 is 28.5 Å². The number of rotatable bonds is 10. The number of aromatic nitrogens is 2. The summed E-state index contributed by atoms with van der Waals surface area (Å²) in [6.45, 7) is 0.806. The van der Waals surface area contributed by atoms with Crippen LogP contribution in [-0.2, 0) is 4.79 Å². The normalized spacial score (nSPS) is 14.1. The van der Waals surface area contributed by atoms with E-state index in [9.17, 15) is 14.4 Å². The second-order valence-corrected chi connectivity index (χ2v) is 8.83. The SMILES string of the molecule is C#CCCC1(CCC(=O)NCCCNC(=O)c2ccc3c4c(ncnc24)-c2ccccc2C3=O)N=N1. The Balaban J connectivity index is 1.17. The molecule has 9 nitrogen and oxygen atoms in total. The molecule has 0 fully saturated rings. The third-order valence-electron chi connectivity index (χ3n) is 6.47. The zero-order chi connectivity index (χ0) is 25.1. The molecule has 1 aliphatic heterocycles. The molecule has 0 unspecified atom stereocenters. The number of nitrogens with zero attached hydrogens (tertiary/aromatic N) is 4. The van der Waals surface area contributed by atoms with E-state index in [-0.39, 0.29) is 17.6 Å². The number of fused-ring (bicyclic) bond motifs is 2. The van der Waals surface area contributed by atoms with Crippen molar-refractivity contribution in [2.45, 2.75) is 37.8 Å². The van der Waals surface area contributed by atoms with Crippen molar-refractivity contribution in [3.05, 3.63) is 59.4 Å². The first kappa shape index (κ1) is 23.3. The number of ketones is 1. The van der Waals surface area contributed by atoms with Crippen LogP contribution in [0.5, 0.6) is 0 Å². The third-order valence-corrected chi connectivity index (χ3v) is 6.47. The number of nitrogens with one attached hydrogen (secondary N) is 2. The maximum atomic E-state index is 13.0. The maximum absolute atomic E-state index is 13.0. The highest BCUT2D eigenvalue weighted by Gasteiger charge is 2.39. The Kier molecular flexibility index (Phi) is 6.25. The standard InChI is InChI=1S/C27H24N6O3/c1-2-3-12-27(32-33-27)13-11-21(34)28-14-6-15-29-26(36)20-10-9-19-22-23(30-16-31-24(20)22)17-7-4-5-8-18(17)25(19)35/h1,4-5,7-10,16H,3,6,11-15H2,(H,28,34)(H,29,36). The summed E-state index contributed by atoms with van der Waals surface area (Å²) in [5, 5.41) is 14.4. The van der Waals surface area contributed by atoms with Gasteiger partial charge in [0.05, 0.1) is 16.8 Å². The minimum atomic E-state index is -0.466. The molecule has 9 heteroatoms. The van der Waals surface area contributed by atoms with E-state index in [0.717, 1.165) is 5.56 Å². The van der Waals surface area contributed by atoms with E-state index < -0.39 is 5.66 Å². The zero-order valence-electron chi connectivity index (χ0n) is 19.6. The van der Waals surface area contributed by atoms with Crippen LogP contribution >= 0.6 is 0 Å². The van der Waals surface area contributed by atoms with Crippen LogP contribution in [0, 0.1) is 12.3 Å². The Bertz CT molecular complexity index is 1450. The largest absolute Gasteiger partial charge is 0.356 e. The average Bonchev–Trinajstić information content (AvgIpc) is 3.68. The summed E-state index contributed by atoms with van der Waals surface area (Å²) in [6, 6.07) is 10.6. The molecule has 0 atom stereocenters. The molecular formula is C27H24N6O3. The van der Waals surface area contributed by atoms with Gasteiger partial charge in [-0.2, -0.15) is 10.2 Å². The second kappa shape index (κ2) is 9.66. The number of carbonyl (C=O) groups is 3. The number of benzene rings is 2. The lowest BCUT2D eigenvalue weighted by Crippen LogP contribution is -2.30. The Morgan fingerprint density at radius 2 is 1.72 bits per heavy atom. The van der Waals surface area contributed by atoms with Gasteiger partial charge in [-0.25, -0.2) is 9.97 Å². The number of hydrogen-bond donors (Lipinski definition) is 2. The Labute approximate surface area is 207 Å². The predicted octanol–water partition coefficient (Wildman–Crippen LogP) is 3.43. The van der Waals surface area contributed by atoms with Crippen molar-refractivity contribution in [1.29, 1.82) is 0 Å². The summed E-state index contributed by atoms with van der Waals surface area (Å²) < 4.78 is 0. The van der Waals surface area contributed by atoms with Crippen LogP contribution in [0.25, 0.3) is 22.2 Å². The van der Waals surface area contributed by atoms with Gasteiger partial charge in [0.2, 0.25) is 5.91 Å². The van der Waals surface area contributed by atoms with Gasteiger partial charge in [-0.1, -0.05) is 24.3 Å². The van der Waals surface area contributed by atoms with Crippen molar-refractivity contribution in [3.63, 3.8) is 0 Å². The Morgan fingerprint density at radius 3 is 2.50 bits per heavy atom. The third kappa shape index (κ3) is 4.45. The minimum Gasteiger partial charge on any atom is -0.356 e. The summed E-state index contributed by atoms with van der Waals surface area (Å²) in [4.78, 5) is 46.8. The summed E-state index contributed by atoms with van der Waals surface area (Å²) >= 11 is 0.